The molecule has 29 heavy (non-hydrogen) atoms. The number of rotatable bonds is 9. The van der Waals surface area contributed by atoms with Gasteiger partial charge in [0.15, 0.2) is 5.78 Å². The number of benzene rings is 1. The molecule has 2 heterocycles. The summed E-state index contributed by atoms with van der Waals surface area (Å²) in [6, 6.07) is 8.84. The third kappa shape index (κ3) is 5.85. The Labute approximate surface area is 177 Å². The molecule has 0 radical (unpaired) electrons. The number of Topliss-reactive ketones (excluding diaryl/α,β-unsaturated/α-hetero) is 2. The minimum absolute atomic E-state index is 0.0338. The number of hydrogen-bond acceptors (Lipinski definition) is 5. The zero-order valence-corrected chi connectivity index (χ0v) is 17.4. The maximum atomic E-state index is 12.1. The van der Waals surface area contributed by atoms with E-state index in [1.165, 1.54) is 11.3 Å². The number of nitrogens with zero attached hydrogens (tertiary/aromatic N) is 2. The monoisotopic (exact) mass is 429 g/mol. The zero-order valence-electron chi connectivity index (χ0n) is 15.9. The molecule has 1 aromatic carbocycles. The van der Waals surface area contributed by atoms with Crippen LogP contribution in [0.5, 0.6) is 0 Å². The van der Waals surface area contributed by atoms with E-state index in [1.54, 1.807) is 47.6 Å². The van der Waals surface area contributed by atoms with Crippen LogP contribution in [-0.2, 0) is 9.59 Å². The fourth-order valence-corrected chi connectivity index (χ4v) is 3.87. The highest BCUT2D eigenvalue weighted by atomic mass is 35.5. The second-order valence-corrected chi connectivity index (χ2v) is 8.25. The van der Waals surface area contributed by atoms with Crippen LogP contribution in [0.2, 0.25) is 5.02 Å². The number of carbonyl (C=O) groups is 3. The lowest BCUT2D eigenvalue weighted by Crippen LogP contribution is -2.14. The Morgan fingerprint density at radius 1 is 1.10 bits per heavy atom. The van der Waals surface area contributed by atoms with E-state index in [-0.39, 0.29) is 43.2 Å². The summed E-state index contributed by atoms with van der Waals surface area (Å²) in [5, 5.41) is 3.21. The second kappa shape index (κ2) is 9.62. The first kappa shape index (κ1) is 21.0. The summed E-state index contributed by atoms with van der Waals surface area (Å²) in [6.07, 6.45) is 5.54. The molecule has 0 atom stereocenters. The molecule has 1 N–H and O–H groups in total. The van der Waals surface area contributed by atoms with E-state index in [9.17, 15) is 14.4 Å². The molecule has 0 unspecified atom stereocenters. The second-order valence-electron chi connectivity index (χ2n) is 6.56. The Morgan fingerprint density at radius 2 is 1.90 bits per heavy atom. The van der Waals surface area contributed by atoms with Crippen molar-refractivity contribution >= 4 is 46.1 Å². The lowest BCUT2D eigenvalue weighted by atomic mass is 10.1. The molecule has 3 rings (SSSR count). The molecule has 0 aliphatic rings. The van der Waals surface area contributed by atoms with Gasteiger partial charge in [0.05, 0.1) is 21.9 Å². The van der Waals surface area contributed by atoms with Crippen LogP contribution >= 0.6 is 22.9 Å². The van der Waals surface area contributed by atoms with Crippen LogP contribution in [0.1, 0.15) is 40.2 Å². The largest absolute Gasteiger partial charge is 0.326 e. The van der Waals surface area contributed by atoms with Crippen molar-refractivity contribution in [3.8, 4) is 5.69 Å². The van der Waals surface area contributed by atoms with Crippen LogP contribution in [0, 0.1) is 6.92 Å². The Bertz CT molecular complexity index is 1030. The number of aromatic nitrogens is 2. The highest BCUT2D eigenvalue weighted by molar-refractivity contribution is 7.14. The topological polar surface area (TPSA) is 81.1 Å². The predicted octanol–water partition coefficient (Wildman–Crippen LogP) is 4.85. The van der Waals surface area contributed by atoms with Crippen molar-refractivity contribution < 1.29 is 14.4 Å². The van der Waals surface area contributed by atoms with Gasteiger partial charge >= 0.3 is 0 Å². The van der Waals surface area contributed by atoms with Gasteiger partial charge in [0.1, 0.15) is 5.78 Å². The third-order valence-electron chi connectivity index (χ3n) is 4.29. The molecule has 0 aliphatic carbocycles. The Balaban J connectivity index is 1.44. The average Bonchev–Trinajstić information content (AvgIpc) is 3.36. The third-order valence-corrected chi connectivity index (χ3v) is 5.64. The Morgan fingerprint density at radius 3 is 2.55 bits per heavy atom. The summed E-state index contributed by atoms with van der Waals surface area (Å²) in [5.41, 5.74) is 1.31. The molecular weight excluding hydrogens is 410 g/mol. The van der Waals surface area contributed by atoms with Crippen molar-refractivity contribution in [1.29, 1.82) is 0 Å². The molecule has 0 fully saturated rings. The van der Waals surface area contributed by atoms with Crippen molar-refractivity contribution in [3.63, 3.8) is 0 Å². The number of imidazole rings is 1. The first-order valence-corrected chi connectivity index (χ1v) is 10.3. The quantitative estimate of drug-likeness (QED) is 0.493. The number of halogens is 1. The predicted molar refractivity (Wildman–Crippen MR) is 114 cm³/mol. The lowest BCUT2D eigenvalue weighted by Gasteiger charge is -2.09. The van der Waals surface area contributed by atoms with E-state index in [0.717, 1.165) is 10.6 Å². The smallest absolute Gasteiger partial charge is 0.224 e. The minimum Gasteiger partial charge on any atom is -0.326 e. The number of amides is 1. The van der Waals surface area contributed by atoms with Crippen LogP contribution < -0.4 is 5.32 Å². The summed E-state index contributed by atoms with van der Waals surface area (Å²) >= 11 is 7.70. The van der Waals surface area contributed by atoms with Crippen LogP contribution in [0.15, 0.2) is 49.1 Å². The molecule has 2 aromatic heterocycles. The van der Waals surface area contributed by atoms with Gasteiger partial charge in [-0.15, -0.1) is 11.3 Å². The molecule has 1 amide bonds. The summed E-state index contributed by atoms with van der Waals surface area (Å²) in [4.78, 5) is 41.9. The first-order chi connectivity index (χ1) is 13.9. The molecular formula is C21H20ClN3O3S. The Hall–Kier alpha value is -2.77. The fourth-order valence-electron chi connectivity index (χ4n) is 2.76. The number of nitrogens with one attached hydrogen (secondary N) is 1. The average molecular weight is 430 g/mol. The maximum Gasteiger partial charge on any atom is 0.224 e. The van der Waals surface area contributed by atoms with Crippen molar-refractivity contribution in [2.24, 2.45) is 0 Å². The van der Waals surface area contributed by atoms with Crippen molar-refractivity contribution in [2.75, 3.05) is 5.32 Å². The highest BCUT2D eigenvalue weighted by Gasteiger charge is 2.13. The van der Waals surface area contributed by atoms with E-state index in [1.807, 2.05) is 13.0 Å². The summed E-state index contributed by atoms with van der Waals surface area (Å²) in [7, 11) is 0. The van der Waals surface area contributed by atoms with Crippen LogP contribution in [-0.4, -0.2) is 27.0 Å². The SMILES string of the molecule is Cc1ccc(C(=O)CCC(=O)CCC(=O)Nc2ccc(-n3ccnc3)c(Cl)c2)s1. The van der Waals surface area contributed by atoms with E-state index in [2.05, 4.69) is 10.3 Å². The van der Waals surface area contributed by atoms with Crippen LogP contribution in [0.25, 0.3) is 5.69 Å². The lowest BCUT2D eigenvalue weighted by molar-refractivity contribution is -0.122. The number of aryl methyl sites for hydroxylation is 1. The number of anilines is 1. The molecule has 6 nitrogen and oxygen atoms in total. The van der Waals surface area contributed by atoms with E-state index in [0.29, 0.717) is 15.6 Å². The van der Waals surface area contributed by atoms with Gasteiger partial charge in [0, 0.05) is 48.6 Å². The molecule has 3 aromatic rings. The standard InChI is InChI=1S/C21H20ClN3O3S/c1-14-2-8-20(29-14)19(27)7-4-16(26)5-9-21(28)24-15-3-6-18(17(22)12-15)25-11-10-23-13-25/h2-3,6,8,10-13H,4-5,7,9H2,1H3,(H,24,28). The van der Waals surface area contributed by atoms with Crippen molar-refractivity contribution in [3.05, 3.63) is 63.8 Å². The fraction of sp³-hybridized carbons (Fsp3) is 0.238. The van der Waals surface area contributed by atoms with Gasteiger partial charge in [-0.25, -0.2) is 4.98 Å². The van der Waals surface area contributed by atoms with Crippen molar-refractivity contribution in [1.82, 2.24) is 9.55 Å². The molecule has 150 valence electrons. The molecule has 0 aliphatic heterocycles. The molecule has 8 heteroatoms. The van der Waals surface area contributed by atoms with Crippen LogP contribution in [0.3, 0.4) is 0 Å². The van der Waals surface area contributed by atoms with Gasteiger partial charge in [-0.2, -0.15) is 0 Å². The number of carbonyl (C=O) groups excluding carboxylic acids is 3. The van der Waals surface area contributed by atoms with Gasteiger partial charge < -0.3 is 9.88 Å². The van der Waals surface area contributed by atoms with E-state index >= 15 is 0 Å². The minimum atomic E-state index is -0.273. The van der Waals surface area contributed by atoms with Gasteiger partial charge in [0.2, 0.25) is 5.91 Å². The molecule has 0 bridgehead atoms. The zero-order chi connectivity index (χ0) is 20.8. The van der Waals surface area contributed by atoms with E-state index < -0.39 is 0 Å². The molecule has 0 saturated carbocycles. The highest BCUT2D eigenvalue weighted by Crippen LogP contribution is 2.24. The van der Waals surface area contributed by atoms with Gasteiger partial charge in [-0.1, -0.05) is 11.6 Å². The van der Waals surface area contributed by atoms with Gasteiger partial charge in [0.25, 0.3) is 0 Å². The normalized spacial score (nSPS) is 10.7. The maximum absolute atomic E-state index is 12.1. The molecule has 0 saturated heterocycles. The Kier molecular flexibility index (Phi) is 6.95. The molecule has 0 spiro atoms. The number of hydrogen-bond donors (Lipinski definition) is 1. The van der Waals surface area contributed by atoms with Crippen LogP contribution in [0.4, 0.5) is 5.69 Å². The summed E-state index contributed by atoms with van der Waals surface area (Å²) in [5.74, 6) is -0.409. The summed E-state index contributed by atoms with van der Waals surface area (Å²) in [6.45, 7) is 1.93. The first-order valence-electron chi connectivity index (χ1n) is 9.11. The number of ketones is 2. The van der Waals surface area contributed by atoms with Gasteiger partial charge in [-0.05, 0) is 37.3 Å². The van der Waals surface area contributed by atoms with E-state index in [4.69, 9.17) is 11.6 Å². The van der Waals surface area contributed by atoms with Crippen molar-refractivity contribution in [2.45, 2.75) is 32.6 Å². The van der Waals surface area contributed by atoms with Gasteiger partial charge in [-0.3, -0.25) is 14.4 Å². The number of thiophene rings is 1. The summed E-state index contributed by atoms with van der Waals surface area (Å²) < 4.78 is 1.77.